The van der Waals surface area contributed by atoms with Crippen molar-refractivity contribution in [2.24, 2.45) is 5.73 Å². The van der Waals surface area contributed by atoms with Crippen LogP contribution in [-0.4, -0.2) is 23.2 Å². The predicted molar refractivity (Wildman–Crippen MR) is 96.8 cm³/mol. The van der Waals surface area contributed by atoms with E-state index in [0.29, 0.717) is 6.61 Å². The minimum Gasteiger partial charge on any atom is -0.465 e. The van der Waals surface area contributed by atoms with Crippen molar-refractivity contribution in [1.82, 2.24) is 4.57 Å². The molecule has 4 nitrogen and oxygen atoms in total. The van der Waals surface area contributed by atoms with Gasteiger partial charge in [-0.2, -0.15) is 0 Å². The zero-order valence-corrected chi connectivity index (χ0v) is 14.3. The predicted octanol–water partition coefficient (Wildman–Crippen LogP) is 3.27. The highest BCUT2D eigenvalue weighted by Crippen LogP contribution is 2.29. The summed E-state index contributed by atoms with van der Waals surface area (Å²) in [5.74, 6) is -0.198. The van der Waals surface area contributed by atoms with Crippen LogP contribution in [0.2, 0.25) is 0 Å². The molecule has 1 aliphatic carbocycles. The highest BCUT2D eigenvalue weighted by Gasteiger charge is 2.17. The molecule has 2 aromatic rings. The van der Waals surface area contributed by atoms with Crippen LogP contribution in [0.4, 0.5) is 0 Å². The Morgan fingerprint density at radius 2 is 2.17 bits per heavy atom. The maximum Gasteiger partial charge on any atom is 0.325 e. The van der Waals surface area contributed by atoms with E-state index in [2.05, 4.69) is 41.9 Å². The van der Waals surface area contributed by atoms with Crippen molar-refractivity contribution in [3.8, 4) is 0 Å². The number of carbonyl (C=O) groups is 1. The van der Waals surface area contributed by atoms with Gasteiger partial charge in [-0.15, -0.1) is 0 Å². The number of aromatic nitrogens is 1. The van der Waals surface area contributed by atoms with E-state index in [1.54, 1.807) is 0 Å². The summed E-state index contributed by atoms with van der Waals surface area (Å²) in [7, 11) is 0. The molecule has 1 heterocycles. The van der Waals surface area contributed by atoms with Crippen LogP contribution in [0.1, 0.15) is 24.6 Å². The normalized spacial score (nSPS) is 17.1. The number of nitrogens with zero attached hydrogens (tertiary/aromatic N) is 1. The second kappa shape index (κ2) is 7.05. The molecule has 0 saturated carbocycles. The third kappa shape index (κ3) is 3.29. The molecule has 0 spiro atoms. The number of ether oxygens (including phenoxy) is 1. The lowest BCUT2D eigenvalue weighted by atomic mass is 9.96. The number of benzene rings is 1. The summed E-state index contributed by atoms with van der Waals surface area (Å²) >= 11 is 0. The minimum absolute atomic E-state index is 0.125. The van der Waals surface area contributed by atoms with E-state index in [-0.39, 0.29) is 18.6 Å². The fraction of sp³-hybridized carbons (Fsp3) is 0.350. The Morgan fingerprint density at radius 1 is 1.38 bits per heavy atom. The molecule has 2 N–H and O–H groups in total. The Labute approximate surface area is 142 Å². The SMILES string of the molecule is CCOC(=O)Cn1c(C)c(CC2=CCC(N)C=C2)c2ccccc21. The van der Waals surface area contributed by atoms with E-state index in [9.17, 15) is 4.79 Å². The number of rotatable bonds is 5. The van der Waals surface area contributed by atoms with Crippen LogP contribution in [0.15, 0.2) is 48.1 Å². The second-order valence-corrected chi connectivity index (χ2v) is 6.19. The Morgan fingerprint density at radius 3 is 2.88 bits per heavy atom. The Bertz CT molecular complexity index is 814. The second-order valence-electron chi connectivity index (χ2n) is 6.19. The minimum atomic E-state index is -0.198. The molecule has 1 aromatic heterocycles. The van der Waals surface area contributed by atoms with Crippen molar-refractivity contribution in [2.75, 3.05) is 6.61 Å². The van der Waals surface area contributed by atoms with Gasteiger partial charge < -0.3 is 15.0 Å². The lowest BCUT2D eigenvalue weighted by molar-refractivity contribution is -0.143. The highest BCUT2D eigenvalue weighted by molar-refractivity contribution is 5.87. The smallest absolute Gasteiger partial charge is 0.325 e. The number of hydrogen-bond acceptors (Lipinski definition) is 3. The van der Waals surface area contributed by atoms with E-state index in [1.165, 1.54) is 16.5 Å². The third-order valence-electron chi connectivity index (χ3n) is 4.54. The van der Waals surface area contributed by atoms with E-state index in [0.717, 1.165) is 24.1 Å². The average Bonchev–Trinajstić information content (AvgIpc) is 2.83. The molecule has 0 radical (unpaired) electrons. The fourth-order valence-electron chi connectivity index (χ4n) is 3.28. The first kappa shape index (κ1) is 16.5. The Hall–Kier alpha value is -2.33. The maximum atomic E-state index is 12.0. The molecular weight excluding hydrogens is 300 g/mol. The van der Waals surface area contributed by atoms with Crippen LogP contribution in [0.3, 0.4) is 0 Å². The van der Waals surface area contributed by atoms with Gasteiger partial charge in [0.1, 0.15) is 6.54 Å². The van der Waals surface area contributed by atoms with Gasteiger partial charge in [0.25, 0.3) is 0 Å². The molecule has 0 amide bonds. The monoisotopic (exact) mass is 324 g/mol. The van der Waals surface area contributed by atoms with Crippen molar-refractivity contribution in [3.05, 3.63) is 59.3 Å². The zero-order chi connectivity index (χ0) is 17.1. The van der Waals surface area contributed by atoms with Gasteiger partial charge in [0, 0.05) is 22.6 Å². The quantitative estimate of drug-likeness (QED) is 0.859. The van der Waals surface area contributed by atoms with Crippen LogP contribution < -0.4 is 5.73 Å². The zero-order valence-electron chi connectivity index (χ0n) is 14.3. The van der Waals surface area contributed by atoms with Crippen LogP contribution >= 0.6 is 0 Å². The van der Waals surface area contributed by atoms with Gasteiger partial charge >= 0.3 is 5.97 Å². The standard InChI is InChI=1S/C20H24N2O2/c1-3-24-20(23)13-22-14(2)18(17-6-4-5-7-19(17)22)12-15-8-10-16(21)11-9-15/h4-10,16H,3,11-13,21H2,1-2H3. The summed E-state index contributed by atoms with van der Waals surface area (Å²) in [5.41, 5.74) is 10.7. The van der Waals surface area contributed by atoms with Gasteiger partial charge in [0.2, 0.25) is 0 Å². The van der Waals surface area contributed by atoms with Gasteiger partial charge in [0.05, 0.1) is 6.61 Å². The van der Waals surface area contributed by atoms with E-state index in [4.69, 9.17) is 10.5 Å². The molecule has 4 heteroatoms. The summed E-state index contributed by atoms with van der Waals surface area (Å²) in [5, 5.41) is 1.20. The Balaban J connectivity index is 1.97. The van der Waals surface area contributed by atoms with Crippen molar-refractivity contribution in [1.29, 1.82) is 0 Å². The summed E-state index contributed by atoms with van der Waals surface area (Å²) in [4.78, 5) is 12.0. The summed E-state index contributed by atoms with van der Waals surface area (Å²) in [6.45, 7) is 4.56. The molecule has 0 aliphatic heterocycles. The first-order chi connectivity index (χ1) is 11.6. The fourth-order valence-corrected chi connectivity index (χ4v) is 3.28. The molecule has 1 aliphatic rings. The van der Waals surface area contributed by atoms with Gasteiger partial charge in [-0.3, -0.25) is 4.79 Å². The Kier molecular flexibility index (Phi) is 4.86. The summed E-state index contributed by atoms with van der Waals surface area (Å²) < 4.78 is 7.18. The molecule has 126 valence electrons. The topological polar surface area (TPSA) is 57.2 Å². The van der Waals surface area contributed by atoms with Crippen molar-refractivity contribution < 1.29 is 9.53 Å². The van der Waals surface area contributed by atoms with Crippen molar-refractivity contribution >= 4 is 16.9 Å². The number of nitrogens with two attached hydrogens (primary N) is 1. The van der Waals surface area contributed by atoms with Gasteiger partial charge in [-0.05, 0) is 43.9 Å². The molecular formula is C20H24N2O2. The van der Waals surface area contributed by atoms with E-state index >= 15 is 0 Å². The molecule has 0 saturated heterocycles. The average molecular weight is 324 g/mol. The molecule has 0 fully saturated rings. The number of hydrogen-bond donors (Lipinski definition) is 1. The lowest BCUT2D eigenvalue weighted by Gasteiger charge is -2.12. The largest absolute Gasteiger partial charge is 0.465 e. The lowest BCUT2D eigenvalue weighted by Crippen LogP contribution is -2.17. The number of para-hydroxylation sites is 1. The van der Waals surface area contributed by atoms with Crippen LogP contribution in [0, 0.1) is 6.92 Å². The molecule has 24 heavy (non-hydrogen) atoms. The van der Waals surface area contributed by atoms with Crippen LogP contribution in [0.25, 0.3) is 10.9 Å². The molecule has 1 aromatic carbocycles. The number of fused-ring (bicyclic) bond motifs is 1. The van der Waals surface area contributed by atoms with Gasteiger partial charge in [-0.25, -0.2) is 0 Å². The van der Waals surface area contributed by atoms with Crippen molar-refractivity contribution in [3.63, 3.8) is 0 Å². The molecule has 1 atom stereocenters. The number of allylic oxidation sites excluding steroid dienone is 2. The maximum absolute atomic E-state index is 12.0. The number of carbonyl (C=O) groups excluding carboxylic acids is 1. The first-order valence-electron chi connectivity index (χ1n) is 8.45. The van der Waals surface area contributed by atoms with Crippen LogP contribution in [-0.2, 0) is 22.5 Å². The molecule has 1 unspecified atom stereocenters. The van der Waals surface area contributed by atoms with Crippen molar-refractivity contribution in [2.45, 2.75) is 39.3 Å². The van der Waals surface area contributed by atoms with Gasteiger partial charge in [-0.1, -0.05) is 36.4 Å². The van der Waals surface area contributed by atoms with Gasteiger partial charge in [0.15, 0.2) is 0 Å². The van der Waals surface area contributed by atoms with E-state index in [1.807, 2.05) is 19.1 Å². The van der Waals surface area contributed by atoms with Crippen LogP contribution in [0.5, 0.6) is 0 Å². The highest BCUT2D eigenvalue weighted by atomic mass is 16.5. The summed E-state index contributed by atoms with van der Waals surface area (Å²) in [6, 6.07) is 8.36. The number of esters is 1. The summed E-state index contributed by atoms with van der Waals surface area (Å²) in [6.07, 6.45) is 8.12. The first-order valence-corrected chi connectivity index (χ1v) is 8.45. The molecule has 3 rings (SSSR count). The third-order valence-corrected chi connectivity index (χ3v) is 4.54. The van der Waals surface area contributed by atoms with E-state index < -0.39 is 0 Å². The molecule has 0 bridgehead atoms.